The summed E-state index contributed by atoms with van der Waals surface area (Å²) in [6, 6.07) is -1.03. The van der Waals surface area contributed by atoms with Crippen molar-refractivity contribution in [3.05, 3.63) is 0 Å². The number of nitrogens with two attached hydrogens (primary N) is 3. The van der Waals surface area contributed by atoms with E-state index >= 15 is 0 Å². The van der Waals surface area contributed by atoms with Crippen molar-refractivity contribution in [2.45, 2.75) is 51.1 Å². The average Bonchev–Trinajstić information content (AvgIpc) is 2.39. The Labute approximate surface area is 118 Å². The van der Waals surface area contributed by atoms with Gasteiger partial charge in [-0.3, -0.25) is 9.59 Å². The third-order valence-corrected chi connectivity index (χ3v) is 2.50. The highest BCUT2D eigenvalue weighted by molar-refractivity contribution is 6.32. The standard InChI is InChI=1S/C6H14N2O2.C6H11NO3/c7-4-2-1-3-5(8)6(9)10;1-2-4(7)3-5(8)6(9)10/h5H,1-4,7-8H2,(H,9,10);4H,2-3,7H2,1H3,(H,9,10). The molecule has 0 saturated heterocycles. The molecule has 0 aromatic carbocycles. The summed E-state index contributed by atoms with van der Waals surface area (Å²) in [4.78, 5) is 30.5. The normalized spacial score (nSPS) is 12.8. The Kier molecular flexibility index (Phi) is 13.0. The third kappa shape index (κ3) is 12.9. The molecule has 2 unspecified atom stereocenters. The number of hydrogen-bond donors (Lipinski definition) is 5. The number of carbonyl (C=O) groups excluding carboxylic acids is 1. The lowest BCUT2D eigenvalue weighted by molar-refractivity contribution is -0.149. The number of unbranched alkanes of at least 4 members (excludes halogenated alkanes) is 1. The molecule has 0 spiro atoms. The Hall–Kier alpha value is -1.51. The topological polar surface area (TPSA) is 170 Å². The molecule has 8 N–H and O–H groups in total. The lowest BCUT2D eigenvalue weighted by Gasteiger charge is -2.03. The maximum atomic E-state index is 10.4. The lowest BCUT2D eigenvalue weighted by atomic mass is 10.1. The molecule has 0 fully saturated rings. The highest BCUT2D eigenvalue weighted by Gasteiger charge is 2.14. The second-order valence-corrected chi connectivity index (χ2v) is 4.33. The molecule has 0 amide bonds. The fourth-order valence-electron chi connectivity index (χ4n) is 1.10. The van der Waals surface area contributed by atoms with Crippen molar-refractivity contribution in [2.24, 2.45) is 17.2 Å². The maximum Gasteiger partial charge on any atom is 0.372 e. The van der Waals surface area contributed by atoms with E-state index in [4.69, 9.17) is 27.4 Å². The summed E-state index contributed by atoms with van der Waals surface area (Å²) in [5, 5.41) is 16.4. The van der Waals surface area contributed by atoms with Gasteiger partial charge in [0, 0.05) is 12.5 Å². The number of rotatable bonds is 9. The summed E-state index contributed by atoms with van der Waals surface area (Å²) in [6.45, 7) is 2.41. The number of ketones is 1. The van der Waals surface area contributed by atoms with Crippen LogP contribution in [0, 0.1) is 0 Å². The Balaban J connectivity index is 0. The number of aliphatic carboxylic acids is 2. The van der Waals surface area contributed by atoms with E-state index in [9.17, 15) is 14.4 Å². The van der Waals surface area contributed by atoms with Gasteiger partial charge in [-0.05, 0) is 25.8 Å². The van der Waals surface area contributed by atoms with Gasteiger partial charge >= 0.3 is 11.9 Å². The van der Waals surface area contributed by atoms with Crippen LogP contribution in [0.5, 0.6) is 0 Å². The molecule has 0 aromatic heterocycles. The van der Waals surface area contributed by atoms with Crippen LogP contribution in [-0.4, -0.2) is 46.6 Å². The van der Waals surface area contributed by atoms with Gasteiger partial charge in [0.15, 0.2) is 0 Å². The molecule has 0 radical (unpaired) electrons. The smallest absolute Gasteiger partial charge is 0.372 e. The molecule has 0 aliphatic rings. The molecule has 118 valence electrons. The second kappa shape index (κ2) is 12.5. The van der Waals surface area contributed by atoms with E-state index in [0.29, 0.717) is 19.4 Å². The Morgan fingerprint density at radius 3 is 2.00 bits per heavy atom. The zero-order valence-corrected chi connectivity index (χ0v) is 11.7. The summed E-state index contributed by atoms with van der Waals surface area (Å²) in [5.41, 5.74) is 15.7. The van der Waals surface area contributed by atoms with E-state index in [2.05, 4.69) is 0 Å². The SMILES string of the molecule is CCC(N)CC(=O)C(=O)O.NCCCCC(N)C(=O)O. The molecule has 0 heterocycles. The molecule has 0 aliphatic heterocycles. The third-order valence-electron chi connectivity index (χ3n) is 2.50. The van der Waals surface area contributed by atoms with Crippen molar-refractivity contribution in [1.82, 2.24) is 0 Å². The van der Waals surface area contributed by atoms with Gasteiger partial charge in [0.1, 0.15) is 6.04 Å². The van der Waals surface area contributed by atoms with Crippen LogP contribution in [-0.2, 0) is 14.4 Å². The minimum Gasteiger partial charge on any atom is -0.480 e. The molecule has 2 atom stereocenters. The van der Waals surface area contributed by atoms with Crippen LogP contribution >= 0.6 is 0 Å². The average molecular weight is 291 g/mol. The van der Waals surface area contributed by atoms with Crippen LogP contribution in [0.4, 0.5) is 0 Å². The summed E-state index contributed by atoms with van der Waals surface area (Å²) in [6.07, 6.45) is 2.72. The van der Waals surface area contributed by atoms with Crippen LogP contribution in [0.25, 0.3) is 0 Å². The first-order chi connectivity index (χ1) is 9.26. The monoisotopic (exact) mass is 291 g/mol. The van der Waals surface area contributed by atoms with Crippen molar-refractivity contribution < 1.29 is 24.6 Å². The minimum atomic E-state index is -1.40. The van der Waals surface area contributed by atoms with Gasteiger partial charge in [0.25, 0.3) is 0 Å². The van der Waals surface area contributed by atoms with Crippen molar-refractivity contribution in [2.75, 3.05) is 6.54 Å². The molecular formula is C12H25N3O5. The van der Waals surface area contributed by atoms with Crippen molar-refractivity contribution >= 4 is 17.7 Å². The number of hydrogen-bond acceptors (Lipinski definition) is 6. The van der Waals surface area contributed by atoms with E-state index in [1.54, 1.807) is 6.92 Å². The van der Waals surface area contributed by atoms with E-state index in [1.807, 2.05) is 0 Å². The van der Waals surface area contributed by atoms with Crippen LogP contribution in [0.15, 0.2) is 0 Å². The highest BCUT2D eigenvalue weighted by atomic mass is 16.4. The Morgan fingerprint density at radius 1 is 1.10 bits per heavy atom. The number of carboxylic acids is 2. The molecule has 8 nitrogen and oxygen atoms in total. The number of carboxylic acid groups (broad SMARTS) is 2. The van der Waals surface area contributed by atoms with Crippen LogP contribution in [0.1, 0.15) is 39.0 Å². The maximum absolute atomic E-state index is 10.4. The van der Waals surface area contributed by atoms with Crippen molar-refractivity contribution in [3.63, 3.8) is 0 Å². The fourth-order valence-corrected chi connectivity index (χ4v) is 1.10. The van der Waals surface area contributed by atoms with Gasteiger partial charge in [0.05, 0.1) is 0 Å². The van der Waals surface area contributed by atoms with Crippen molar-refractivity contribution in [1.29, 1.82) is 0 Å². The van der Waals surface area contributed by atoms with Gasteiger partial charge in [-0.15, -0.1) is 0 Å². The van der Waals surface area contributed by atoms with Gasteiger partial charge in [-0.2, -0.15) is 0 Å². The minimum absolute atomic E-state index is 0.0637. The molecule has 0 aliphatic carbocycles. The van der Waals surface area contributed by atoms with Crippen LogP contribution in [0.3, 0.4) is 0 Å². The molecule has 0 bridgehead atoms. The number of carbonyl (C=O) groups is 3. The Morgan fingerprint density at radius 2 is 1.65 bits per heavy atom. The van der Waals surface area contributed by atoms with Gasteiger partial charge in [-0.25, -0.2) is 4.79 Å². The summed E-state index contributed by atoms with van der Waals surface area (Å²) >= 11 is 0. The van der Waals surface area contributed by atoms with E-state index in [0.717, 1.165) is 12.8 Å². The summed E-state index contributed by atoms with van der Waals surface area (Å²) in [5.74, 6) is -3.14. The first-order valence-electron chi connectivity index (χ1n) is 6.46. The summed E-state index contributed by atoms with van der Waals surface area (Å²) in [7, 11) is 0. The predicted octanol–water partition coefficient (Wildman–Crippen LogP) is -0.705. The number of Topliss-reactive ketones (excluding diaryl/α,β-unsaturated/α-hetero) is 1. The second-order valence-electron chi connectivity index (χ2n) is 4.33. The molecular weight excluding hydrogens is 266 g/mol. The Bertz CT molecular complexity index is 309. The predicted molar refractivity (Wildman–Crippen MR) is 74.0 cm³/mol. The van der Waals surface area contributed by atoms with Crippen molar-refractivity contribution in [3.8, 4) is 0 Å². The molecule has 8 heteroatoms. The molecule has 20 heavy (non-hydrogen) atoms. The largest absolute Gasteiger partial charge is 0.480 e. The summed E-state index contributed by atoms with van der Waals surface area (Å²) < 4.78 is 0. The quantitative estimate of drug-likeness (QED) is 0.274. The highest BCUT2D eigenvalue weighted by Crippen LogP contribution is 1.97. The first kappa shape index (κ1) is 20.8. The fraction of sp³-hybridized carbons (Fsp3) is 0.750. The van der Waals surface area contributed by atoms with E-state index in [-0.39, 0.29) is 12.5 Å². The van der Waals surface area contributed by atoms with Crippen LogP contribution in [0.2, 0.25) is 0 Å². The van der Waals surface area contributed by atoms with Gasteiger partial charge in [-0.1, -0.05) is 13.3 Å². The molecule has 0 aromatic rings. The van der Waals surface area contributed by atoms with E-state index in [1.165, 1.54) is 0 Å². The molecule has 0 saturated carbocycles. The van der Waals surface area contributed by atoms with E-state index < -0.39 is 23.8 Å². The zero-order chi connectivity index (χ0) is 16.1. The first-order valence-corrected chi connectivity index (χ1v) is 6.46. The zero-order valence-electron chi connectivity index (χ0n) is 11.7. The molecule has 0 rings (SSSR count). The van der Waals surface area contributed by atoms with Gasteiger partial charge in [0.2, 0.25) is 5.78 Å². The van der Waals surface area contributed by atoms with Crippen LogP contribution < -0.4 is 17.2 Å². The van der Waals surface area contributed by atoms with Gasteiger partial charge < -0.3 is 27.4 Å². The lowest BCUT2D eigenvalue weighted by Crippen LogP contribution is -2.29.